The number of nitrogens with two attached hydrogens (primary N) is 1. The van der Waals surface area contributed by atoms with Gasteiger partial charge in [-0.05, 0) is 44.0 Å². The van der Waals surface area contributed by atoms with Crippen LogP contribution in [0.3, 0.4) is 0 Å². The van der Waals surface area contributed by atoms with E-state index in [1.54, 1.807) is 11.3 Å². The monoisotopic (exact) mass is 340 g/mol. The molecule has 0 aliphatic rings. The van der Waals surface area contributed by atoms with Crippen molar-refractivity contribution in [3.05, 3.63) is 51.7 Å². The van der Waals surface area contributed by atoms with Crippen LogP contribution in [0.15, 0.2) is 24.3 Å². The van der Waals surface area contributed by atoms with E-state index in [4.69, 9.17) is 10.7 Å². The number of nitrogen functional groups attached to an aromatic ring is 1. The Bertz CT molecular complexity index is 852. The summed E-state index contributed by atoms with van der Waals surface area (Å²) in [5, 5.41) is 1.01. The molecule has 3 rings (SSSR count). The number of aromatic nitrogens is 2. The number of hydrogen-bond donors (Lipinski definition) is 1. The molecule has 0 spiro atoms. The molecule has 0 unspecified atom stereocenters. The molecule has 0 bridgehead atoms. The predicted octanol–water partition coefficient (Wildman–Crippen LogP) is 4.08. The molecule has 0 aliphatic carbocycles. The van der Waals surface area contributed by atoms with E-state index in [9.17, 15) is 0 Å². The van der Waals surface area contributed by atoms with Gasteiger partial charge in [0.1, 0.15) is 16.5 Å². The summed E-state index contributed by atoms with van der Waals surface area (Å²) in [4.78, 5) is 13.7. The molecule has 2 heterocycles. The van der Waals surface area contributed by atoms with E-state index in [1.165, 1.54) is 21.6 Å². The number of rotatable bonds is 5. The molecule has 126 valence electrons. The Morgan fingerprint density at radius 3 is 2.38 bits per heavy atom. The molecule has 5 heteroatoms. The van der Waals surface area contributed by atoms with Gasteiger partial charge in [-0.2, -0.15) is 0 Å². The van der Waals surface area contributed by atoms with Crippen LogP contribution in [0.2, 0.25) is 0 Å². The van der Waals surface area contributed by atoms with Crippen molar-refractivity contribution in [2.24, 2.45) is 0 Å². The van der Waals surface area contributed by atoms with Crippen LogP contribution in [0.1, 0.15) is 34.3 Å². The van der Waals surface area contributed by atoms with Gasteiger partial charge in [-0.1, -0.05) is 31.2 Å². The van der Waals surface area contributed by atoms with Crippen molar-refractivity contribution in [2.45, 2.75) is 40.3 Å². The minimum absolute atomic E-state index is 0.595. The summed E-state index contributed by atoms with van der Waals surface area (Å²) in [5.74, 6) is 1.38. The lowest BCUT2D eigenvalue weighted by Gasteiger charge is -2.16. The van der Waals surface area contributed by atoms with Crippen molar-refractivity contribution >= 4 is 27.4 Å². The second-order valence-electron chi connectivity index (χ2n) is 6.33. The summed E-state index contributed by atoms with van der Waals surface area (Å²) in [5.41, 5.74) is 10.0. The standard InChI is InChI=1S/C19H24N4S/c1-5-14-6-8-15(9-7-14)10-23(4)11-16-21-18(20)17-12(2)13(3)24-19(17)22-16/h6-9H,5,10-11H2,1-4H3,(H2,20,21,22). The van der Waals surface area contributed by atoms with Gasteiger partial charge in [0.15, 0.2) is 0 Å². The summed E-state index contributed by atoms with van der Waals surface area (Å²) < 4.78 is 0. The lowest BCUT2D eigenvalue weighted by Crippen LogP contribution is -2.19. The van der Waals surface area contributed by atoms with Crippen molar-refractivity contribution < 1.29 is 0 Å². The maximum absolute atomic E-state index is 6.17. The Morgan fingerprint density at radius 1 is 1.04 bits per heavy atom. The van der Waals surface area contributed by atoms with Gasteiger partial charge in [-0.25, -0.2) is 9.97 Å². The Hall–Kier alpha value is -1.98. The van der Waals surface area contributed by atoms with Crippen LogP contribution in [0.4, 0.5) is 5.82 Å². The highest BCUT2D eigenvalue weighted by Crippen LogP contribution is 2.31. The zero-order valence-electron chi connectivity index (χ0n) is 14.8. The zero-order valence-corrected chi connectivity index (χ0v) is 15.6. The molecule has 2 N–H and O–H groups in total. The van der Waals surface area contributed by atoms with Gasteiger partial charge in [-0.3, -0.25) is 4.90 Å². The van der Waals surface area contributed by atoms with Crippen LogP contribution in [0, 0.1) is 13.8 Å². The van der Waals surface area contributed by atoms with E-state index in [1.807, 2.05) is 0 Å². The average molecular weight is 340 g/mol. The van der Waals surface area contributed by atoms with E-state index in [-0.39, 0.29) is 0 Å². The lowest BCUT2D eigenvalue weighted by atomic mass is 10.1. The highest BCUT2D eigenvalue weighted by atomic mass is 32.1. The molecule has 2 aromatic heterocycles. The molecule has 24 heavy (non-hydrogen) atoms. The SMILES string of the molecule is CCc1ccc(CN(C)Cc2nc(N)c3c(C)c(C)sc3n2)cc1. The molecule has 1 aromatic carbocycles. The number of benzene rings is 1. The van der Waals surface area contributed by atoms with Gasteiger partial charge in [0, 0.05) is 11.4 Å². The number of fused-ring (bicyclic) bond motifs is 1. The summed E-state index contributed by atoms with van der Waals surface area (Å²) in [6, 6.07) is 8.78. The fourth-order valence-electron chi connectivity index (χ4n) is 2.89. The molecule has 0 atom stereocenters. The van der Waals surface area contributed by atoms with Crippen molar-refractivity contribution in [1.29, 1.82) is 0 Å². The highest BCUT2D eigenvalue weighted by molar-refractivity contribution is 7.18. The van der Waals surface area contributed by atoms with Gasteiger partial charge in [-0.15, -0.1) is 11.3 Å². The Morgan fingerprint density at radius 2 is 1.71 bits per heavy atom. The van der Waals surface area contributed by atoms with Crippen molar-refractivity contribution in [2.75, 3.05) is 12.8 Å². The first-order valence-corrected chi connectivity index (χ1v) is 9.08. The summed E-state index contributed by atoms with van der Waals surface area (Å²) in [6.45, 7) is 7.92. The zero-order chi connectivity index (χ0) is 17.3. The molecule has 0 radical (unpaired) electrons. The van der Waals surface area contributed by atoms with Crippen LogP contribution >= 0.6 is 11.3 Å². The Kier molecular flexibility index (Phi) is 4.83. The van der Waals surface area contributed by atoms with Crippen LogP contribution < -0.4 is 5.73 Å². The first-order chi connectivity index (χ1) is 11.5. The second kappa shape index (κ2) is 6.87. The first kappa shape index (κ1) is 16.9. The third-order valence-electron chi connectivity index (χ3n) is 4.40. The van der Waals surface area contributed by atoms with E-state index in [0.717, 1.165) is 29.0 Å². The lowest BCUT2D eigenvalue weighted by molar-refractivity contribution is 0.311. The molecule has 0 saturated carbocycles. The smallest absolute Gasteiger partial charge is 0.146 e. The number of hydrogen-bond acceptors (Lipinski definition) is 5. The third kappa shape index (κ3) is 3.42. The Labute approximate surface area is 147 Å². The Balaban J connectivity index is 1.76. The highest BCUT2D eigenvalue weighted by Gasteiger charge is 2.13. The van der Waals surface area contributed by atoms with Gasteiger partial charge in [0.2, 0.25) is 0 Å². The average Bonchev–Trinajstić information content (AvgIpc) is 2.82. The number of nitrogens with zero attached hydrogens (tertiary/aromatic N) is 3. The van der Waals surface area contributed by atoms with E-state index >= 15 is 0 Å². The minimum Gasteiger partial charge on any atom is -0.383 e. The normalized spacial score (nSPS) is 11.5. The maximum Gasteiger partial charge on any atom is 0.146 e. The molecule has 4 nitrogen and oxygen atoms in total. The van der Waals surface area contributed by atoms with Crippen LogP contribution in [-0.4, -0.2) is 21.9 Å². The molecule has 0 saturated heterocycles. The quantitative estimate of drug-likeness (QED) is 0.760. The number of aryl methyl sites for hydroxylation is 3. The van der Waals surface area contributed by atoms with Crippen molar-refractivity contribution in [1.82, 2.24) is 14.9 Å². The third-order valence-corrected chi connectivity index (χ3v) is 5.50. The minimum atomic E-state index is 0.595. The van der Waals surface area contributed by atoms with Crippen molar-refractivity contribution in [3.63, 3.8) is 0 Å². The largest absolute Gasteiger partial charge is 0.383 e. The molecule has 0 aliphatic heterocycles. The molecule has 3 aromatic rings. The van der Waals surface area contributed by atoms with Gasteiger partial charge >= 0.3 is 0 Å². The molecule has 0 fully saturated rings. The summed E-state index contributed by atoms with van der Waals surface area (Å²) in [7, 11) is 2.09. The van der Waals surface area contributed by atoms with Gasteiger partial charge in [0.05, 0.1) is 11.9 Å². The van der Waals surface area contributed by atoms with Crippen LogP contribution in [0.5, 0.6) is 0 Å². The van der Waals surface area contributed by atoms with E-state index < -0.39 is 0 Å². The number of anilines is 1. The molecule has 0 amide bonds. The van der Waals surface area contributed by atoms with Crippen LogP contribution in [0.25, 0.3) is 10.2 Å². The summed E-state index contributed by atoms with van der Waals surface area (Å²) >= 11 is 1.69. The van der Waals surface area contributed by atoms with Crippen LogP contribution in [-0.2, 0) is 19.5 Å². The van der Waals surface area contributed by atoms with E-state index in [0.29, 0.717) is 12.4 Å². The predicted molar refractivity (Wildman–Crippen MR) is 102 cm³/mol. The van der Waals surface area contributed by atoms with Crippen molar-refractivity contribution in [3.8, 4) is 0 Å². The topological polar surface area (TPSA) is 55.0 Å². The maximum atomic E-state index is 6.17. The molecular weight excluding hydrogens is 316 g/mol. The van der Waals surface area contributed by atoms with Gasteiger partial charge < -0.3 is 5.73 Å². The first-order valence-electron chi connectivity index (χ1n) is 8.26. The number of thiophene rings is 1. The fourth-order valence-corrected chi connectivity index (χ4v) is 3.94. The summed E-state index contributed by atoms with van der Waals surface area (Å²) in [6.07, 6.45) is 1.07. The van der Waals surface area contributed by atoms with Gasteiger partial charge in [0.25, 0.3) is 0 Å². The van der Waals surface area contributed by atoms with E-state index in [2.05, 4.69) is 62.0 Å². The molecular formula is C19H24N4S. The second-order valence-corrected chi connectivity index (χ2v) is 7.53. The fraction of sp³-hybridized carbons (Fsp3) is 0.368.